The summed E-state index contributed by atoms with van der Waals surface area (Å²) < 4.78 is 5.31. The monoisotopic (exact) mass is 422 g/mol. The molecule has 0 amide bonds. The largest absolute Gasteiger partial charge is 1.00 e. The van der Waals surface area contributed by atoms with Crippen LogP contribution in [0.2, 0.25) is 0 Å². The Labute approximate surface area is 215 Å². The van der Waals surface area contributed by atoms with E-state index in [4.69, 9.17) is 4.74 Å². The van der Waals surface area contributed by atoms with Gasteiger partial charge in [-0.15, -0.1) is 17.2 Å². The van der Waals surface area contributed by atoms with Gasteiger partial charge >= 0.3 is 51.4 Å². The maximum atomic E-state index is 13.0. The van der Waals surface area contributed by atoms with Crippen molar-refractivity contribution in [3.8, 4) is 5.75 Å². The Morgan fingerprint density at radius 2 is 1.86 bits per heavy atom. The third kappa shape index (κ3) is 6.82. The summed E-state index contributed by atoms with van der Waals surface area (Å²) in [6, 6.07) is 14.8. The van der Waals surface area contributed by atoms with E-state index in [9.17, 15) is 9.59 Å². The SMILES string of the molecule is CCCCC([C-]=O)(CC)CSc1ccc(OC)cc1C(=O)c1ccccc1.[K+]. The minimum atomic E-state index is -0.465. The smallest absolute Gasteiger partial charge is 0.541 e. The molecule has 0 bridgehead atoms. The number of carbonyl (C=O) groups excluding carboxylic acids is 2. The molecule has 2 aromatic carbocycles. The van der Waals surface area contributed by atoms with Gasteiger partial charge < -0.3 is 9.53 Å². The molecule has 3 nitrogen and oxygen atoms in total. The summed E-state index contributed by atoms with van der Waals surface area (Å²) in [6.07, 6.45) is 5.92. The van der Waals surface area contributed by atoms with E-state index in [1.807, 2.05) is 49.4 Å². The molecule has 2 aromatic rings. The molecular weight excluding hydrogens is 395 g/mol. The van der Waals surface area contributed by atoms with Crippen LogP contribution in [0.4, 0.5) is 0 Å². The Hall–Kier alpha value is -0.434. The van der Waals surface area contributed by atoms with Crippen LogP contribution in [0.3, 0.4) is 0 Å². The summed E-state index contributed by atoms with van der Waals surface area (Å²) >= 11 is 1.56. The van der Waals surface area contributed by atoms with Crippen LogP contribution in [0.25, 0.3) is 0 Å². The van der Waals surface area contributed by atoms with Gasteiger partial charge in [0.15, 0.2) is 5.78 Å². The molecule has 0 aromatic heterocycles. The molecule has 5 heteroatoms. The Kier molecular flexibility index (Phi) is 11.9. The average Bonchev–Trinajstić information content (AvgIpc) is 2.74. The van der Waals surface area contributed by atoms with Crippen molar-refractivity contribution in [3.63, 3.8) is 0 Å². The van der Waals surface area contributed by atoms with Gasteiger partial charge in [0.05, 0.1) is 7.11 Å². The first-order valence-corrected chi connectivity index (χ1v) is 10.4. The van der Waals surface area contributed by atoms with Crippen molar-refractivity contribution in [1.82, 2.24) is 0 Å². The molecule has 0 aliphatic heterocycles. The Morgan fingerprint density at radius 3 is 2.43 bits per heavy atom. The Balaban J connectivity index is 0.00000392. The molecule has 0 spiro atoms. The van der Waals surface area contributed by atoms with E-state index in [2.05, 4.69) is 13.2 Å². The van der Waals surface area contributed by atoms with Gasteiger partial charge in [-0.05, 0) is 24.0 Å². The van der Waals surface area contributed by atoms with Crippen molar-refractivity contribution in [1.29, 1.82) is 0 Å². The Bertz CT molecular complexity index is 764. The molecule has 0 aliphatic carbocycles. The van der Waals surface area contributed by atoms with Gasteiger partial charge in [0.1, 0.15) is 5.75 Å². The quantitative estimate of drug-likeness (QED) is 0.242. The molecule has 0 fully saturated rings. The standard InChI is InChI=1S/C23H27O3S.K/c1-4-6-14-23(5-2,16-24)17-27-21-13-12-19(26-3)15-20(21)22(25)18-10-8-7-9-11-18;/h7-13,15H,4-6,14,17H2,1-3H3;/q-1;+1. The summed E-state index contributed by atoms with van der Waals surface area (Å²) in [5.74, 6) is 1.23. The molecule has 0 radical (unpaired) electrons. The summed E-state index contributed by atoms with van der Waals surface area (Å²) in [4.78, 5) is 25.6. The number of methoxy groups -OCH3 is 1. The van der Waals surface area contributed by atoms with Crippen LogP contribution in [-0.4, -0.2) is 24.9 Å². The van der Waals surface area contributed by atoms with Crippen LogP contribution in [0.5, 0.6) is 5.75 Å². The number of ether oxygens (including phenoxy) is 1. The second kappa shape index (κ2) is 13.0. The van der Waals surface area contributed by atoms with Crippen LogP contribution in [0.15, 0.2) is 53.4 Å². The molecule has 1 unspecified atom stereocenters. The zero-order chi connectivity index (χ0) is 19.7. The maximum absolute atomic E-state index is 13.0. The predicted molar refractivity (Wildman–Crippen MR) is 112 cm³/mol. The molecule has 0 N–H and O–H groups in total. The van der Waals surface area contributed by atoms with Crippen LogP contribution in [-0.2, 0) is 4.79 Å². The van der Waals surface area contributed by atoms with Crippen molar-refractivity contribution in [2.45, 2.75) is 44.4 Å². The third-order valence-electron chi connectivity index (χ3n) is 4.87. The van der Waals surface area contributed by atoms with E-state index in [0.29, 0.717) is 22.6 Å². The van der Waals surface area contributed by atoms with Gasteiger partial charge in [-0.3, -0.25) is 11.1 Å². The van der Waals surface area contributed by atoms with E-state index >= 15 is 0 Å². The topological polar surface area (TPSA) is 43.4 Å². The molecule has 1 atom stereocenters. The van der Waals surface area contributed by atoms with Crippen LogP contribution in [0, 0.1) is 5.41 Å². The number of rotatable bonds is 11. The fraction of sp³-hybridized carbons (Fsp3) is 0.391. The minimum Gasteiger partial charge on any atom is -0.541 e. The number of hydrogen-bond donors (Lipinski definition) is 0. The molecule has 0 heterocycles. The normalized spacial score (nSPS) is 12.5. The Morgan fingerprint density at radius 1 is 1.14 bits per heavy atom. The van der Waals surface area contributed by atoms with E-state index in [0.717, 1.165) is 30.6 Å². The molecular formula is C23H27KO3S. The average molecular weight is 423 g/mol. The molecule has 144 valence electrons. The number of hydrogen-bond acceptors (Lipinski definition) is 4. The van der Waals surface area contributed by atoms with Crippen LogP contribution >= 0.6 is 11.8 Å². The second-order valence-corrected chi connectivity index (χ2v) is 7.70. The zero-order valence-corrected chi connectivity index (χ0v) is 21.2. The number of thioether (sulfide) groups is 1. The van der Waals surface area contributed by atoms with Gasteiger partial charge in [0.2, 0.25) is 0 Å². The fourth-order valence-electron chi connectivity index (χ4n) is 2.92. The summed E-state index contributed by atoms with van der Waals surface area (Å²) in [6.45, 7) is 4.16. The number of unbranched alkanes of at least 4 members (excludes halogenated alkanes) is 1. The number of ketones is 1. The first-order chi connectivity index (χ1) is 13.1. The van der Waals surface area contributed by atoms with Crippen molar-refractivity contribution >= 4 is 23.8 Å². The second-order valence-electron chi connectivity index (χ2n) is 6.69. The molecule has 0 saturated carbocycles. The number of carbonyl (C=O) groups is 1. The predicted octanol–water partition coefficient (Wildman–Crippen LogP) is 2.72. The van der Waals surface area contributed by atoms with Crippen molar-refractivity contribution in [2.24, 2.45) is 5.41 Å². The van der Waals surface area contributed by atoms with Crippen LogP contribution < -0.4 is 56.1 Å². The van der Waals surface area contributed by atoms with Crippen LogP contribution in [0.1, 0.15) is 55.5 Å². The van der Waals surface area contributed by atoms with E-state index in [1.54, 1.807) is 24.9 Å². The molecule has 0 saturated heterocycles. The fourth-order valence-corrected chi connectivity index (χ4v) is 4.23. The van der Waals surface area contributed by atoms with Gasteiger partial charge in [0.25, 0.3) is 0 Å². The zero-order valence-electron chi connectivity index (χ0n) is 17.3. The summed E-state index contributed by atoms with van der Waals surface area (Å²) in [7, 11) is 1.59. The van der Waals surface area contributed by atoms with Crippen molar-refractivity contribution in [2.75, 3.05) is 12.9 Å². The van der Waals surface area contributed by atoms with Gasteiger partial charge in [-0.1, -0.05) is 69.9 Å². The first-order valence-electron chi connectivity index (χ1n) is 9.39. The van der Waals surface area contributed by atoms with Gasteiger partial charge in [0, 0.05) is 16.0 Å². The third-order valence-corrected chi connectivity index (χ3v) is 6.24. The molecule has 0 aliphatic rings. The maximum Gasteiger partial charge on any atom is 1.00 e. The summed E-state index contributed by atoms with van der Waals surface area (Å²) in [5, 5.41) is 0. The number of benzene rings is 2. The first kappa shape index (κ1) is 25.6. The van der Waals surface area contributed by atoms with Gasteiger partial charge in [-0.25, -0.2) is 0 Å². The molecule has 2 rings (SSSR count). The molecule has 28 heavy (non-hydrogen) atoms. The minimum absolute atomic E-state index is 0. The van der Waals surface area contributed by atoms with Gasteiger partial charge in [-0.2, -0.15) is 0 Å². The van der Waals surface area contributed by atoms with Crippen molar-refractivity contribution in [3.05, 3.63) is 59.7 Å². The van der Waals surface area contributed by atoms with Crippen molar-refractivity contribution < 1.29 is 65.7 Å². The van der Waals surface area contributed by atoms with E-state index in [1.165, 1.54) is 0 Å². The summed E-state index contributed by atoms with van der Waals surface area (Å²) in [5.41, 5.74) is 0.785. The van der Waals surface area contributed by atoms with E-state index < -0.39 is 5.41 Å². The van der Waals surface area contributed by atoms with E-state index in [-0.39, 0.29) is 57.2 Å².